The van der Waals surface area contributed by atoms with Crippen molar-refractivity contribution in [3.05, 3.63) is 77.9 Å². The van der Waals surface area contributed by atoms with E-state index in [1.807, 2.05) is 60.9 Å². The lowest BCUT2D eigenvalue weighted by Crippen LogP contribution is -2.52. The van der Waals surface area contributed by atoms with Crippen molar-refractivity contribution in [3.8, 4) is 5.75 Å². The van der Waals surface area contributed by atoms with Gasteiger partial charge in [-0.25, -0.2) is 4.79 Å². The predicted octanol–water partition coefficient (Wildman–Crippen LogP) is 5.32. The van der Waals surface area contributed by atoms with E-state index in [-0.39, 0.29) is 35.8 Å². The van der Waals surface area contributed by atoms with Gasteiger partial charge in [0.05, 0.1) is 18.5 Å². The average Bonchev–Trinajstić information content (AvgIpc) is 3.86. The number of carbonyl (C=O) groups excluding carboxylic acids is 1. The van der Waals surface area contributed by atoms with Crippen LogP contribution in [0.15, 0.2) is 71.9 Å². The molecule has 3 N–H and O–H groups in total. The van der Waals surface area contributed by atoms with E-state index in [2.05, 4.69) is 55.8 Å². The normalized spacial score (nSPS) is 24.8. The molecule has 2 amide bonds. The van der Waals surface area contributed by atoms with Crippen molar-refractivity contribution in [2.24, 2.45) is 11.0 Å². The molecule has 0 bridgehead atoms. The number of rotatable bonds is 11. The standard InChI is InChI=1S/C36H46N10O5S/c1-23(2)30-21-34(46(43-30,33-17-18-37-41-33)19-20-50-52(5,48)49)39-35(47)38-29-14-15-31(28-12-7-6-11-27(28)29)51-26-13-16-32-40-42-36(44(32)22-26)45-24(3)9-8-10-25(45)4/h6-7,11-13,16-18,21-25,29,31H,8-10,14-15,19-20H2,1-5H3,(H2-,37,38,39,41,43,47)/p+1/t24-,25+,29-,31+,46?/m0/s1. The summed E-state index contributed by atoms with van der Waals surface area (Å²) in [7, 11) is -3.70. The first-order chi connectivity index (χ1) is 24.9. The number of fused-ring (bicyclic) bond motifs is 2. The number of quaternary nitrogens is 1. The Labute approximate surface area is 303 Å². The summed E-state index contributed by atoms with van der Waals surface area (Å²) in [6.45, 7) is 8.41. The van der Waals surface area contributed by atoms with Crippen LogP contribution < -0.4 is 24.9 Å². The summed E-state index contributed by atoms with van der Waals surface area (Å²) in [6.07, 6.45) is 11.0. The number of H-pyrrole nitrogens is 1. The Bertz CT molecular complexity index is 2090. The predicted molar refractivity (Wildman–Crippen MR) is 198 cm³/mol. The lowest BCUT2D eigenvalue weighted by Gasteiger charge is -2.39. The van der Waals surface area contributed by atoms with Gasteiger partial charge in [-0.1, -0.05) is 47.8 Å². The fourth-order valence-electron chi connectivity index (χ4n) is 7.59. The molecule has 5 heterocycles. The van der Waals surface area contributed by atoms with Gasteiger partial charge in [-0.05, 0) is 69.2 Å². The molecular weight excluding hydrogens is 685 g/mol. The van der Waals surface area contributed by atoms with Crippen LogP contribution in [0.2, 0.25) is 0 Å². The molecule has 3 aromatic heterocycles. The van der Waals surface area contributed by atoms with Crippen LogP contribution in [-0.4, -0.2) is 76.4 Å². The number of anilines is 1. The number of amides is 2. The number of carbonyl (C=O) groups is 1. The van der Waals surface area contributed by atoms with Crippen LogP contribution in [0.25, 0.3) is 5.65 Å². The molecular formula is C36H47N10O5S+. The molecule has 0 spiro atoms. The van der Waals surface area contributed by atoms with Crippen LogP contribution >= 0.6 is 0 Å². The minimum atomic E-state index is -3.70. The summed E-state index contributed by atoms with van der Waals surface area (Å²) < 4.78 is 37.2. The molecule has 5 atom stereocenters. The molecule has 52 heavy (non-hydrogen) atoms. The summed E-state index contributed by atoms with van der Waals surface area (Å²) in [5.41, 5.74) is 3.49. The number of allylic oxidation sites excluding steroid dienone is 1. The highest BCUT2D eigenvalue weighted by atomic mass is 32.2. The number of ether oxygens (including phenoxy) is 1. The van der Waals surface area contributed by atoms with E-state index in [1.165, 1.54) is 6.42 Å². The van der Waals surface area contributed by atoms with Gasteiger partial charge in [0.2, 0.25) is 11.8 Å². The molecule has 1 saturated heterocycles. The molecule has 15 nitrogen and oxygen atoms in total. The summed E-state index contributed by atoms with van der Waals surface area (Å²) in [5.74, 6) is 2.51. The Balaban J connectivity index is 1.09. The van der Waals surface area contributed by atoms with Crippen LogP contribution in [0.4, 0.5) is 16.6 Å². The van der Waals surface area contributed by atoms with E-state index < -0.39 is 16.1 Å². The summed E-state index contributed by atoms with van der Waals surface area (Å²) in [5, 5.41) is 27.3. The number of benzene rings is 1. The van der Waals surface area contributed by atoms with Crippen molar-refractivity contribution < 1.29 is 22.1 Å². The molecule has 7 rings (SSSR count). The fraction of sp³-hybridized carbons (Fsp3) is 0.472. The number of urea groups is 1. The first-order valence-electron chi connectivity index (χ1n) is 17.9. The first kappa shape index (κ1) is 35.6. The third-order valence-electron chi connectivity index (χ3n) is 10.2. The van der Waals surface area contributed by atoms with Gasteiger partial charge in [0, 0.05) is 36.3 Å². The molecule has 1 aliphatic carbocycles. The third kappa shape index (κ3) is 7.14. The van der Waals surface area contributed by atoms with Gasteiger partial charge in [0.25, 0.3) is 15.9 Å². The van der Waals surface area contributed by atoms with Crippen LogP contribution in [0, 0.1) is 5.92 Å². The second-order valence-electron chi connectivity index (χ2n) is 14.3. The topological polar surface area (TPSA) is 168 Å². The quantitative estimate of drug-likeness (QED) is 0.137. The largest absolute Gasteiger partial charge is 0.484 e. The van der Waals surface area contributed by atoms with E-state index in [4.69, 9.17) is 14.0 Å². The first-order valence-corrected chi connectivity index (χ1v) is 19.7. The summed E-state index contributed by atoms with van der Waals surface area (Å²) >= 11 is 0. The highest BCUT2D eigenvalue weighted by Crippen LogP contribution is 2.39. The minimum Gasteiger partial charge on any atom is -0.484 e. The maximum absolute atomic E-state index is 13.8. The van der Waals surface area contributed by atoms with E-state index >= 15 is 0 Å². The van der Waals surface area contributed by atoms with E-state index in [0.29, 0.717) is 36.6 Å². The van der Waals surface area contributed by atoms with E-state index in [1.54, 1.807) is 12.3 Å². The summed E-state index contributed by atoms with van der Waals surface area (Å²) in [4.78, 5) is 16.2. The Morgan fingerprint density at radius 2 is 1.81 bits per heavy atom. The second-order valence-corrected chi connectivity index (χ2v) is 15.9. The molecule has 1 unspecified atom stereocenters. The molecule has 0 saturated carbocycles. The van der Waals surface area contributed by atoms with Crippen molar-refractivity contribution >= 4 is 39.3 Å². The van der Waals surface area contributed by atoms with E-state index in [0.717, 1.165) is 53.3 Å². The van der Waals surface area contributed by atoms with Crippen molar-refractivity contribution in [2.45, 2.75) is 84.0 Å². The number of hydrogen-bond acceptors (Lipinski definition) is 10. The highest BCUT2D eigenvalue weighted by molar-refractivity contribution is 7.85. The molecule has 4 aromatic rings. The van der Waals surface area contributed by atoms with Gasteiger partial charge in [0.15, 0.2) is 5.65 Å². The van der Waals surface area contributed by atoms with Crippen molar-refractivity contribution in [2.75, 3.05) is 24.3 Å². The van der Waals surface area contributed by atoms with Crippen molar-refractivity contribution in [1.29, 1.82) is 0 Å². The maximum Gasteiger partial charge on any atom is 0.323 e. The molecule has 1 fully saturated rings. The van der Waals surface area contributed by atoms with Gasteiger partial charge in [0.1, 0.15) is 30.7 Å². The lowest BCUT2D eigenvalue weighted by molar-refractivity contribution is 0.170. The minimum absolute atomic E-state index is 0.0333. The molecule has 2 aliphatic heterocycles. The highest BCUT2D eigenvalue weighted by Gasteiger charge is 2.45. The smallest absolute Gasteiger partial charge is 0.323 e. The third-order valence-corrected chi connectivity index (χ3v) is 10.8. The van der Waals surface area contributed by atoms with Gasteiger partial charge in [-0.15, -0.1) is 15.3 Å². The Hall–Kier alpha value is -4.80. The van der Waals surface area contributed by atoms with Crippen LogP contribution in [-0.2, 0) is 14.3 Å². The van der Waals surface area contributed by atoms with Crippen LogP contribution in [0.3, 0.4) is 0 Å². The number of hydrogen-bond donors (Lipinski definition) is 3. The number of nitrogens with one attached hydrogen (secondary N) is 3. The average molecular weight is 732 g/mol. The molecule has 16 heteroatoms. The van der Waals surface area contributed by atoms with Crippen molar-refractivity contribution in [1.82, 2.24) is 40.0 Å². The second kappa shape index (κ2) is 14.3. The lowest BCUT2D eigenvalue weighted by atomic mass is 9.85. The Morgan fingerprint density at radius 3 is 2.52 bits per heavy atom. The van der Waals surface area contributed by atoms with Gasteiger partial charge >= 0.3 is 6.03 Å². The summed E-state index contributed by atoms with van der Waals surface area (Å²) in [6, 6.07) is 13.7. The number of aromatic nitrogens is 5. The number of pyridine rings is 1. The van der Waals surface area contributed by atoms with Crippen LogP contribution in [0.5, 0.6) is 5.75 Å². The number of nitrogens with zero attached hydrogens (tertiary/aromatic N) is 7. The molecule has 276 valence electrons. The number of piperidine rings is 1. The molecule has 1 aromatic carbocycles. The van der Waals surface area contributed by atoms with E-state index in [9.17, 15) is 13.2 Å². The monoisotopic (exact) mass is 731 g/mol. The van der Waals surface area contributed by atoms with Gasteiger partial charge in [-0.2, -0.15) is 8.42 Å². The molecule has 3 aliphatic rings. The van der Waals surface area contributed by atoms with Gasteiger partial charge in [-0.3, -0.25) is 19.0 Å². The zero-order chi connectivity index (χ0) is 36.6. The SMILES string of the molecule is CC(C)C1=N[N+](CCOS(C)(=O)=O)(c2cc[nH]n2)C(NC(=O)N[C@H]2CC[C@@H](Oc3ccc4nnc(N5[C@H](C)CCC[C@@H]5C)n4c3)c3ccccc32)=C1. The maximum atomic E-state index is 13.8. The fourth-order valence-corrected chi connectivity index (χ4v) is 7.97. The Kier molecular flexibility index (Phi) is 9.80. The zero-order valence-corrected chi connectivity index (χ0v) is 31.0. The zero-order valence-electron chi connectivity index (χ0n) is 30.2. The van der Waals surface area contributed by atoms with Crippen LogP contribution in [0.1, 0.15) is 83.1 Å². The van der Waals surface area contributed by atoms with Gasteiger partial charge < -0.3 is 15.0 Å². The Morgan fingerprint density at radius 1 is 1.04 bits per heavy atom. The number of aromatic amines is 1. The van der Waals surface area contributed by atoms with Crippen molar-refractivity contribution in [3.63, 3.8) is 0 Å². The molecule has 0 radical (unpaired) electrons.